The first kappa shape index (κ1) is 16.0. The Labute approximate surface area is 117 Å². The smallest absolute Gasteiger partial charge is 0.118 e. The van der Waals surface area contributed by atoms with E-state index < -0.39 is 0 Å². The molecule has 3 nitrogen and oxygen atoms in total. The van der Waals surface area contributed by atoms with Gasteiger partial charge >= 0.3 is 0 Å². The second kappa shape index (κ2) is 8.94. The molecule has 0 saturated heterocycles. The van der Waals surface area contributed by atoms with Crippen molar-refractivity contribution in [3.05, 3.63) is 29.8 Å². The first-order valence-corrected chi connectivity index (χ1v) is 7.17. The number of hydrogen-bond acceptors (Lipinski definition) is 3. The van der Waals surface area contributed by atoms with Crippen LogP contribution in [0.4, 0.5) is 0 Å². The van der Waals surface area contributed by atoms with Gasteiger partial charge in [0.15, 0.2) is 0 Å². The van der Waals surface area contributed by atoms with Gasteiger partial charge in [-0.05, 0) is 63.0 Å². The summed E-state index contributed by atoms with van der Waals surface area (Å²) >= 11 is 0. The minimum absolute atomic E-state index is 0.749. The number of benzene rings is 1. The molecule has 0 bridgehead atoms. The molecular formula is C16H28N2O. The van der Waals surface area contributed by atoms with Crippen LogP contribution in [-0.2, 0) is 6.54 Å². The first-order valence-electron chi connectivity index (χ1n) is 7.17. The van der Waals surface area contributed by atoms with Crippen LogP contribution in [0.25, 0.3) is 0 Å². The van der Waals surface area contributed by atoms with Crippen molar-refractivity contribution >= 4 is 0 Å². The third-order valence-electron chi connectivity index (χ3n) is 3.51. The number of methoxy groups -OCH3 is 1. The van der Waals surface area contributed by atoms with Gasteiger partial charge in [0.25, 0.3) is 0 Å². The third kappa shape index (κ3) is 6.60. The Morgan fingerprint density at radius 3 is 2.47 bits per heavy atom. The van der Waals surface area contributed by atoms with Crippen LogP contribution < -0.4 is 10.5 Å². The van der Waals surface area contributed by atoms with E-state index in [-0.39, 0.29) is 0 Å². The van der Waals surface area contributed by atoms with Gasteiger partial charge in [0, 0.05) is 6.54 Å². The summed E-state index contributed by atoms with van der Waals surface area (Å²) in [6.07, 6.45) is 3.65. The zero-order chi connectivity index (χ0) is 14.1. The van der Waals surface area contributed by atoms with Crippen molar-refractivity contribution in [1.29, 1.82) is 0 Å². The molecule has 0 aliphatic rings. The van der Waals surface area contributed by atoms with Crippen LogP contribution >= 0.6 is 0 Å². The fourth-order valence-corrected chi connectivity index (χ4v) is 2.26. The lowest BCUT2D eigenvalue weighted by Gasteiger charge is -2.18. The lowest BCUT2D eigenvalue weighted by molar-refractivity contribution is 0.306. The van der Waals surface area contributed by atoms with Crippen molar-refractivity contribution in [1.82, 2.24) is 4.90 Å². The summed E-state index contributed by atoms with van der Waals surface area (Å²) in [6, 6.07) is 8.30. The van der Waals surface area contributed by atoms with Gasteiger partial charge in [-0.2, -0.15) is 0 Å². The zero-order valence-corrected chi connectivity index (χ0v) is 12.6. The minimum atomic E-state index is 0.749. The Kier molecular flexibility index (Phi) is 7.53. The standard InChI is InChI=1S/C16H28N2O/c1-14(10-11-17)5-4-12-18(2)13-15-6-8-16(19-3)9-7-15/h6-9,14H,4-5,10-13,17H2,1-3H3. The fourth-order valence-electron chi connectivity index (χ4n) is 2.26. The van der Waals surface area contributed by atoms with Crippen LogP contribution in [0.5, 0.6) is 5.75 Å². The van der Waals surface area contributed by atoms with Crippen LogP contribution in [0.3, 0.4) is 0 Å². The molecule has 3 heteroatoms. The molecule has 1 atom stereocenters. The molecule has 0 radical (unpaired) electrons. The Bertz CT molecular complexity index is 337. The van der Waals surface area contributed by atoms with Gasteiger partial charge in [0.2, 0.25) is 0 Å². The van der Waals surface area contributed by atoms with E-state index in [1.807, 2.05) is 12.1 Å². The van der Waals surface area contributed by atoms with E-state index in [1.165, 1.54) is 18.4 Å². The molecule has 1 aromatic rings. The molecule has 0 heterocycles. The van der Waals surface area contributed by atoms with Crippen molar-refractivity contribution in [2.75, 3.05) is 27.2 Å². The summed E-state index contributed by atoms with van der Waals surface area (Å²) < 4.78 is 5.16. The fraction of sp³-hybridized carbons (Fsp3) is 0.625. The quantitative estimate of drug-likeness (QED) is 0.745. The van der Waals surface area contributed by atoms with E-state index in [1.54, 1.807) is 7.11 Å². The summed E-state index contributed by atoms with van der Waals surface area (Å²) in [5, 5.41) is 0. The highest BCUT2D eigenvalue weighted by Crippen LogP contribution is 2.13. The molecule has 108 valence electrons. The molecule has 1 rings (SSSR count). The second-order valence-corrected chi connectivity index (χ2v) is 5.41. The molecular weight excluding hydrogens is 236 g/mol. The zero-order valence-electron chi connectivity index (χ0n) is 12.6. The van der Waals surface area contributed by atoms with Gasteiger partial charge in [-0.1, -0.05) is 19.1 Å². The van der Waals surface area contributed by atoms with Crippen LogP contribution in [0.15, 0.2) is 24.3 Å². The highest BCUT2D eigenvalue weighted by Gasteiger charge is 2.04. The van der Waals surface area contributed by atoms with Crippen LogP contribution in [0.1, 0.15) is 31.7 Å². The number of rotatable bonds is 9. The van der Waals surface area contributed by atoms with Gasteiger partial charge in [-0.3, -0.25) is 0 Å². The largest absolute Gasteiger partial charge is 0.497 e. The van der Waals surface area contributed by atoms with E-state index in [0.717, 1.165) is 37.7 Å². The highest BCUT2D eigenvalue weighted by atomic mass is 16.5. The summed E-state index contributed by atoms with van der Waals surface area (Å²) in [5.74, 6) is 1.67. The van der Waals surface area contributed by atoms with Crippen molar-refractivity contribution in [3.8, 4) is 5.75 Å². The average molecular weight is 264 g/mol. The van der Waals surface area contributed by atoms with Crippen molar-refractivity contribution in [2.24, 2.45) is 11.7 Å². The molecule has 1 aromatic carbocycles. The average Bonchev–Trinajstić information content (AvgIpc) is 2.40. The van der Waals surface area contributed by atoms with E-state index in [2.05, 4.69) is 31.0 Å². The number of hydrogen-bond donors (Lipinski definition) is 1. The van der Waals surface area contributed by atoms with Crippen LogP contribution in [0, 0.1) is 5.92 Å². The second-order valence-electron chi connectivity index (χ2n) is 5.41. The molecule has 0 aliphatic heterocycles. The monoisotopic (exact) mass is 264 g/mol. The van der Waals surface area contributed by atoms with Gasteiger partial charge in [-0.15, -0.1) is 0 Å². The summed E-state index contributed by atoms with van der Waals surface area (Å²) in [4.78, 5) is 2.37. The summed E-state index contributed by atoms with van der Waals surface area (Å²) in [7, 11) is 3.88. The maximum atomic E-state index is 5.57. The Hall–Kier alpha value is -1.06. The van der Waals surface area contributed by atoms with E-state index in [0.29, 0.717) is 0 Å². The Morgan fingerprint density at radius 2 is 1.89 bits per heavy atom. The number of ether oxygens (including phenoxy) is 1. The molecule has 0 aliphatic carbocycles. The van der Waals surface area contributed by atoms with Crippen LogP contribution in [0.2, 0.25) is 0 Å². The predicted molar refractivity (Wildman–Crippen MR) is 81.4 cm³/mol. The normalized spacial score (nSPS) is 12.7. The minimum Gasteiger partial charge on any atom is -0.497 e. The van der Waals surface area contributed by atoms with Crippen LogP contribution in [-0.4, -0.2) is 32.1 Å². The summed E-state index contributed by atoms with van der Waals surface area (Å²) in [5.41, 5.74) is 6.90. The Morgan fingerprint density at radius 1 is 1.21 bits per heavy atom. The SMILES string of the molecule is COc1ccc(CN(C)CCCC(C)CCN)cc1. The van der Waals surface area contributed by atoms with E-state index in [9.17, 15) is 0 Å². The number of nitrogens with zero attached hydrogens (tertiary/aromatic N) is 1. The maximum absolute atomic E-state index is 5.57. The van der Waals surface area contributed by atoms with Gasteiger partial charge in [0.05, 0.1) is 7.11 Å². The Balaban J connectivity index is 2.24. The lowest BCUT2D eigenvalue weighted by atomic mass is 10.0. The molecule has 0 saturated carbocycles. The molecule has 0 fully saturated rings. The molecule has 19 heavy (non-hydrogen) atoms. The molecule has 0 aromatic heterocycles. The molecule has 1 unspecified atom stereocenters. The summed E-state index contributed by atoms with van der Waals surface area (Å²) in [6.45, 7) is 5.23. The molecule has 0 spiro atoms. The highest BCUT2D eigenvalue weighted by molar-refractivity contribution is 5.26. The van der Waals surface area contributed by atoms with Gasteiger partial charge in [-0.25, -0.2) is 0 Å². The lowest BCUT2D eigenvalue weighted by Crippen LogP contribution is -2.19. The third-order valence-corrected chi connectivity index (χ3v) is 3.51. The topological polar surface area (TPSA) is 38.5 Å². The van der Waals surface area contributed by atoms with E-state index >= 15 is 0 Å². The van der Waals surface area contributed by atoms with Gasteiger partial charge in [0.1, 0.15) is 5.75 Å². The van der Waals surface area contributed by atoms with E-state index in [4.69, 9.17) is 10.5 Å². The maximum Gasteiger partial charge on any atom is 0.118 e. The molecule has 2 N–H and O–H groups in total. The number of nitrogens with two attached hydrogens (primary N) is 1. The van der Waals surface area contributed by atoms with Crippen molar-refractivity contribution in [3.63, 3.8) is 0 Å². The van der Waals surface area contributed by atoms with Crippen molar-refractivity contribution in [2.45, 2.75) is 32.7 Å². The van der Waals surface area contributed by atoms with Crippen molar-refractivity contribution < 1.29 is 4.74 Å². The predicted octanol–water partition coefficient (Wildman–Crippen LogP) is 2.89. The molecule has 0 amide bonds. The first-order chi connectivity index (χ1) is 9.15. The van der Waals surface area contributed by atoms with Gasteiger partial charge < -0.3 is 15.4 Å².